The highest BCUT2D eigenvalue weighted by atomic mass is 19.1. The van der Waals surface area contributed by atoms with Crippen molar-refractivity contribution in [1.82, 2.24) is 20.4 Å². The van der Waals surface area contributed by atoms with Gasteiger partial charge in [-0.1, -0.05) is 12.8 Å². The smallest absolute Gasteiger partial charge is 0.256 e. The number of rotatable bonds is 9. The largest absolute Gasteiger partial charge is 0.369 e. The molecule has 4 N–H and O–H groups in total. The van der Waals surface area contributed by atoms with Gasteiger partial charge in [-0.05, 0) is 64.6 Å². The highest BCUT2D eigenvalue weighted by molar-refractivity contribution is 6.20. The molecule has 3 heterocycles. The fourth-order valence-electron chi connectivity index (χ4n) is 6.95. The Labute approximate surface area is 208 Å². The van der Waals surface area contributed by atoms with E-state index in [1.807, 2.05) is 0 Å². The maximum Gasteiger partial charge on any atom is 0.256 e. The van der Waals surface area contributed by atoms with Crippen molar-refractivity contribution < 1.29 is 18.7 Å². The maximum absolute atomic E-state index is 15.7. The third kappa shape index (κ3) is 5.15. The van der Waals surface area contributed by atoms with Crippen LogP contribution in [0.4, 0.5) is 4.39 Å². The van der Waals surface area contributed by atoms with Crippen LogP contribution in [0.15, 0.2) is 11.8 Å². The summed E-state index contributed by atoms with van der Waals surface area (Å²) in [5, 5.41) is 6.36. The van der Waals surface area contributed by atoms with Crippen molar-refractivity contribution in [3.63, 3.8) is 0 Å². The van der Waals surface area contributed by atoms with Gasteiger partial charge >= 0.3 is 0 Å². The summed E-state index contributed by atoms with van der Waals surface area (Å²) in [7, 11) is 0. The number of carbonyl (C=O) groups is 2. The van der Waals surface area contributed by atoms with Crippen molar-refractivity contribution in [3.8, 4) is 0 Å². The SMILES string of the molecule is NCCCCNC(=O)C1=CN2C3CCCCC3OC3C(NCCN4CCCC4)C(F)CC(C1=O)C32. The molecule has 4 fully saturated rings. The molecule has 5 rings (SSSR count). The molecule has 196 valence electrons. The van der Waals surface area contributed by atoms with Crippen LogP contribution in [0, 0.1) is 5.92 Å². The van der Waals surface area contributed by atoms with Gasteiger partial charge in [0.05, 0.1) is 35.9 Å². The molecule has 2 saturated heterocycles. The molecule has 0 bridgehead atoms. The number of unbranched alkanes of at least 4 members (excludes halogenated alkanes) is 1. The summed E-state index contributed by atoms with van der Waals surface area (Å²) < 4.78 is 22.3. The van der Waals surface area contributed by atoms with Gasteiger partial charge in [-0.25, -0.2) is 4.39 Å². The molecule has 8 nitrogen and oxygen atoms in total. The van der Waals surface area contributed by atoms with Crippen LogP contribution in [-0.2, 0) is 14.3 Å². The standard InChI is InChI=1S/C26H42FN5O3/c27-19-15-17-23-25(22(19)29-11-14-31-12-5-6-13-31)35-21-8-2-1-7-20(21)32(23)16-18(24(17)33)26(34)30-10-4-3-9-28/h16-17,19-23,25,29H,1-15,28H2,(H,30,34). The number of fused-ring (bicyclic) bond motifs is 2. The number of ether oxygens (including phenoxy) is 1. The molecule has 0 spiro atoms. The molecule has 7 unspecified atom stereocenters. The van der Waals surface area contributed by atoms with E-state index >= 15 is 4.39 Å². The molecule has 0 radical (unpaired) electrons. The van der Waals surface area contributed by atoms with E-state index in [-0.39, 0.29) is 41.9 Å². The number of likely N-dealkylation sites (tertiary alicyclic amines) is 1. The van der Waals surface area contributed by atoms with Crippen molar-refractivity contribution in [2.24, 2.45) is 11.7 Å². The van der Waals surface area contributed by atoms with Crippen LogP contribution >= 0.6 is 0 Å². The fourth-order valence-corrected chi connectivity index (χ4v) is 6.95. The Bertz CT molecular complexity index is 804. The molecule has 7 atom stereocenters. The second-order valence-electron chi connectivity index (χ2n) is 11.0. The Morgan fingerprint density at radius 1 is 1.14 bits per heavy atom. The van der Waals surface area contributed by atoms with Gasteiger partial charge < -0.3 is 30.9 Å². The van der Waals surface area contributed by atoms with Gasteiger partial charge in [0.2, 0.25) is 0 Å². The van der Waals surface area contributed by atoms with Crippen LogP contribution in [0.2, 0.25) is 0 Å². The van der Waals surface area contributed by atoms with Crippen LogP contribution in [-0.4, -0.2) is 97.3 Å². The molecule has 3 aliphatic heterocycles. The van der Waals surface area contributed by atoms with Crippen molar-refractivity contribution >= 4 is 11.7 Å². The maximum atomic E-state index is 15.7. The molecule has 2 aliphatic carbocycles. The van der Waals surface area contributed by atoms with Crippen LogP contribution in [0.3, 0.4) is 0 Å². The minimum atomic E-state index is -1.18. The Kier molecular flexibility index (Phi) is 8.06. The van der Waals surface area contributed by atoms with Crippen molar-refractivity contribution in [1.29, 1.82) is 0 Å². The summed E-state index contributed by atoms with van der Waals surface area (Å²) in [5.41, 5.74) is 5.73. The first kappa shape index (κ1) is 25.1. The highest BCUT2D eigenvalue weighted by Gasteiger charge is 2.58. The van der Waals surface area contributed by atoms with E-state index in [1.54, 1.807) is 6.20 Å². The van der Waals surface area contributed by atoms with Gasteiger partial charge in [0.15, 0.2) is 5.78 Å². The number of alkyl halides is 1. The minimum absolute atomic E-state index is 0.0112. The Balaban J connectivity index is 1.35. The number of nitrogens with two attached hydrogens (primary N) is 1. The number of morpholine rings is 1. The number of nitrogens with one attached hydrogen (secondary N) is 2. The van der Waals surface area contributed by atoms with Gasteiger partial charge in [0.25, 0.3) is 5.91 Å². The normalized spacial score (nSPS) is 37.0. The number of nitrogens with zero attached hydrogens (tertiary/aromatic N) is 2. The van der Waals surface area contributed by atoms with Crippen molar-refractivity contribution in [2.75, 3.05) is 39.3 Å². The number of ketones is 1. The molecule has 1 amide bonds. The number of hydrogen-bond donors (Lipinski definition) is 3. The summed E-state index contributed by atoms with van der Waals surface area (Å²) in [6.07, 6.45) is 8.55. The third-order valence-corrected chi connectivity index (χ3v) is 8.75. The lowest BCUT2D eigenvalue weighted by molar-refractivity contribution is -0.197. The van der Waals surface area contributed by atoms with Crippen LogP contribution < -0.4 is 16.4 Å². The van der Waals surface area contributed by atoms with Crippen LogP contribution in [0.25, 0.3) is 0 Å². The molecule has 2 saturated carbocycles. The zero-order valence-electron chi connectivity index (χ0n) is 20.8. The van der Waals surface area contributed by atoms with Crippen molar-refractivity contribution in [3.05, 3.63) is 11.8 Å². The van der Waals surface area contributed by atoms with Gasteiger partial charge in [-0.15, -0.1) is 0 Å². The van der Waals surface area contributed by atoms with E-state index in [0.29, 0.717) is 13.1 Å². The number of amides is 1. The minimum Gasteiger partial charge on any atom is -0.369 e. The summed E-state index contributed by atoms with van der Waals surface area (Å²) in [6.45, 7) is 4.92. The quantitative estimate of drug-likeness (QED) is 0.328. The van der Waals surface area contributed by atoms with Gasteiger partial charge in [-0.2, -0.15) is 0 Å². The highest BCUT2D eigenvalue weighted by Crippen LogP contribution is 2.45. The van der Waals surface area contributed by atoms with E-state index in [1.165, 1.54) is 12.8 Å². The Hall–Kier alpha value is -1.55. The first-order valence-corrected chi connectivity index (χ1v) is 13.9. The summed E-state index contributed by atoms with van der Waals surface area (Å²) in [6, 6.07) is -0.508. The molecular weight excluding hydrogens is 449 g/mol. The topological polar surface area (TPSA) is 99.9 Å². The summed E-state index contributed by atoms with van der Waals surface area (Å²) in [5.74, 6) is -1.13. The number of carbonyl (C=O) groups excluding carboxylic acids is 2. The zero-order chi connectivity index (χ0) is 24.4. The average molecular weight is 492 g/mol. The van der Waals surface area contributed by atoms with E-state index < -0.39 is 24.2 Å². The van der Waals surface area contributed by atoms with Crippen LogP contribution in [0.5, 0.6) is 0 Å². The molecule has 0 aromatic heterocycles. The number of hydrogen-bond acceptors (Lipinski definition) is 7. The first-order chi connectivity index (χ1) is 17.1. The third-order valence-electron chi connectivity index (χ3n) is 8.75. The van der Waals surface area contributed by atoms with Gasteiger partial charge in [0.1, 0.15) is 6.17 Å². The average Bonchev–Trinajstić information content (AvgIpc) is 3.38. The van der Waals surface area contributed by atoms with E-state index in [9.17, 15) is 9.59 Å². The van der Waals surface area contributed by atoms with Gasteiger partial charge in [0, 0.05) is 31.8 Å². The molecule has 9 heteroatoms. The zero-order valence-corrected chi connectivity index (χ0v) is 20.8. The molecule has 0 aromatic rings. The van der Waals surface area contributed by atoms with Gasteiger partial charge in [-0.3, -0.25) is 9.59 Å². The monoisotopic (exact) mass is 491 g/mol. The second-order valence-corrected chi connectivity index (χ2v) is 11.0. The van der Waals surface area contributed by atoms with E-state index in [0.717, 1.165) is 64.7 Å². The molecule has 5 aliphatic rings. The predicted octanol–water partition coefficient (Wildman–Crippen LogP) is 1.10. The Morgan fingerprint density at radius 3 is 2.74 bits per heavy atom. The molecule has 35 heavy (non-hydrogen) atoms. The molecular formula is C26H42FN5O3. The fraction of sp³-hybridized carbons (Fsp3) is 0.846. The van der Waals surface area contributed by atoms with E-state index in [2.05, 4.69) is 20.4 Å². The molecule has 0 aromatic carbocycles. The van der Waals surface area contributed by atoms with Crippen molar-refractivity contribution in [2.45, 2.75) is 94.3 Å². The van der Waals surface area contributed by atoms with Crippen LogP contribution in [0.1, 0.15) is 57.8 Å². The van der Waals surface area contributed by atoms with E-state index in [4.69, 9.17) is 10.5 Å². The summed E-state index contributed by atoms with van der Waals surface area (Å²) in [4.78, 5) is 31.1. The first-order valence-electron chi connectivity index (χ1n) is 13.9. The lowest BCUT2D eigenvalue weighted by Gasteiger charge is -2.59. The second kappa shape index (κ2) is 11.2. The lowest BCUT2D eigenvalue weighted by Crippen LogP contribution is -2.73. The Morgan fingerprint density at radius 2 is 1.94 bits per heavy atom. The summed E-state index contributed by atoms with van der Waals surface area (Å²) >= 11 is 0. The lowest BCUT2D eigenvalue weighted by atomic mass is 9.69. The number of halogens is 1. The number of Topliss-reactive ketones (excluding diaryl/α,β-unsaturated/α-hetero) is 1. The predicted molar refractivity (Wildman–Crippen MR) is 131 cm³/mol.